The van der Waals surface area contributed by atoms with Crippen molar-refractivity contribution in [1.82, 2.24) is 0 Å². The van der Waals surface area contributed by atoms with Crippen molar-refractivity contribution in [3.63, 3.8) is 0 Å². The maximum absolute atomic E-state index is 11.6. The molecule has 6 saturated carbocycles. The van der Waals surface area contributed by atoms with E-state index in [1.54, 1.807) is 0 Å². The SMILES string of the molecule is O[C@]1(c2ccccc2)[C@H]2[C@@H]3C[C@H]4[C@H]5[C@@H]3[C@@H]1[C@@](O)([C@H]42)[C@@H]5Br. The summed E-state index contributed by atoms with van der Waals surface area (Å²) in [6, 6.07) is 10.1. The van der Waals surface area contributed by atoms with Crippen molar-refractivity contribution in [1.29, 1.82) is 0 Å². The fourth-order valence-electron chi connectivity index (χ4n) is 7.73. The molecule has 2 nitrogen and oxygen atoms in total. The van der Waals surface area contributed by atoms with E-state index >= 15 is 0 Å². The standard InChI is InChI=1S/C17H17BrO2/c18-15-11-9-6-8-10(11)14-16(19,7-4-2-1-3-5-7)12(8)13(9)17(14,15)20/h1-5,8-15,19-20H,6H2/t8-,9+,10-,11+,12+,13-,14+,15-,16-,17+/m1/s1. The number of alkyl halides is 1. The van der Waals surface area contributed by atoms with Gasteiger partial charge in [0.05, 0.1) is 11.2 Å². The Hall–Kier alpha value is -0.380. The van der Waals surface area contributed by atoms with Crippen LogP contribution >= 0.6 is 15.9 Å². The number of aliphatic hydroxyl groups is 2. The number of hydrogen-bond donors (Lipinski definition) is 2. The molecule has 1 aromatic carbocycles. The lowest BCUT2D eigenvalue weighted by molar-refractivity contribution is -0.0777. The van der Waals surface area contributed by atoms with Crippen molar-refractivity contribution < 1.29 is 10.2 Å². The molecule has 1 aromatic rings. The molecule has 6 aliphatic carbocycles. The predicted molar refractivity (Wildman–Crippen MR) is 77.1 cm³/mol. The molecular weight excluding hydrogens is 316 g/mol. The first-order valence-corrected chi connectivity index (χ1v) is 8.67. The molecule has 0 heterocycles. The summed E-state index contributed by atoms with van der Waals surface area (Å²) < 4.78 is 0. The molecule has 20 heavy (non-hydrogen) atoms. The first kappa shape index (κ1) is 11.2. The molecule has 3 heteroatoms. The Morgan fingerprint density at radius 2 is 1.70 bits per heavy atom. The maximum Gasteiger partial charge on any atom is 0.0989 e. The molecule has 6 fully saturated rings. The quantitative estimate of drug-likeness (QED) is 0.773. The molecule has 2 N–H and O–H groups in total. The maximum atomic E-state index is 11.6. The predicted octanol–water partition coefficient (Wildman–Crippen LogP) is 2.14. The molecule has 0 unspecified atom stereocenters. The highest BCUT2D eigenvalue weighted by Gasteiger charge is 2.92. The number of hydrogen-bond acceptors (Lipinski definition) is 2. The minimum Gasteiger partial charge on any atom is -0.388 e. The van der Waals surface area contributed by atoms with Crippen LogP contribution in [0.25, 0.3) is 0 Å². The second-order valence-electron chi connectivity index (χ2n) is 7.73. The van der Waals surface area contributed by atoms with Gasteiger partial charge < -0.3 is 10.2 Å². The Morgan fingerprint density at radius 3 is 2.40 bits per heavy atom. The van der Waals surface area contributed by atoms with E-state index < -0.39 is 11.2 Å². The van der Waals surface area contributed by atoms with Gasteiger partial charge in [-0.25, -0.2) is 0 Å². The monoisotopic (exact) mass is 332 g/mol. The zero-order valence-corrected chi connectivity index (χ0v) is 12.6. The van der Waals surface area contributed by atoms with Gasteiger partial charge in [-0.05, 0) is 41.6 Å². The fraction of sp³-hybridized carbons (Fsp3) is 0.647. The van der Waals surface area contributed by atoms with E-state index in [0.29, 0.717) is 29.6 Å². The van der Waals surface area contributed by atoms with Crippen LogP contribution in [0.1, 0.15) is 12.0 Å². The molecule has 0 aromatic heterocycles. The van der Waals surface area contributed by atoms with Gasteiger partial charge in [0.15, 0.2) is 0 Å². The minimum atomic E-state index is -0.790. The lowest BCUT2D eigenvalue weighted by Crippen LogP contribution is -2.47. The first-order chi connectivity index (χ1) is 9.61. The molecule has 0 spiro atoms. The molecular formula is C17H17BrO2. The summed E-state index contributed by atoms with van der Waals surface area (Å²) >= 11 is 3.81. The smallest absolute Gasteiger partial charge is 0.0989 e. The summed E-state index contributed by atoms with van der Waals surface area (Å²) in [6.07, 6.45) is 1.24. The molecule has 6 bridgehead atoms. The van der Waals surface area contributed by atoms with Crippen molar-refractivity contribution >= 4 is 15.9 Å². The summed E-state index contributed by atoms with van der Waals surface area (Å²) in [4.78, 5) is 0.202. The minimum absolute atomic E-state index is 0.0468. The third-order valence-corrected chi connectivity index (χ3v) is 9.05. The van der Waals surface area contributed by atoms with Gasteiger partial charge in [0.1, 0.15) is 0 Å². The van der Waals surface area contributed by atoms with Gasteiger partial charge in [0.2, 0.25) is 0 Å². The molecule has 7 rings (SSSR count). The third kappa shape index (κ3) is 0.768. The highest BCUT2D eigenvalue weighted by Crippen LogP contribution is 2.88. The lowest BCUT2D eigenvalue weighted by atomic mass is 9.69. The highest BCUT2D eigenvalue weighted by molar-refractivity contribution is 9.09. The van der Waals surface area contributed by atoms with Crippen LogP contribution in [0, 0.1) is 41.4 Å². The topological polar surface area (TPSA) is 40.5 Å². The summed E-state index contributed by atoms with van der Waals surface area (Å²) in [5, 5.41) is 23.0. The van der Waals surface area contributed by atoms with Crippen LogP contribution in [0.4, 0.5) is 0 Å². The average molecular weight is 333 g/mol. The second-order valence-corrected chi connectivity index (χ2v) is 8.71. The van der Waals surface area contributed by atoms with Crippen LogP contribution in [-0.2, 0) is 5.60 Å². The molecule has 0 aliphatic heterocycles. The largest absolute Gasteiger partial charge is 0.388 e. The van der Waals surface area contributed by atoms with Crippen LogP contribution in [0.15, 0.2) is 30.3 Å². The summed E-state index contributed by atoms with van der Waals surface area (Å²) in [5.74, 6) is 3.09. The third-order valence-electron chi connectivity index (χ3n) is 7.70. The van der Waals surface area contributed by atoms with E-state index in [1.807, 2.05) is 18.2 Å². The van der Waals surface area contributed by atoms with Gasteiger partial charge in [0.25, 0.3) is 0 Å². The van der Waals surface area contributed by atoms with Gasteiger partial charge in [-0.3, -0.25) is 0 Å². The van der Waals surface area contributed by atoms with Crippen LogP contribution in [0.3, 0.4) is 0 Å². The Labute approximate surface area is 126 Å². The van der Waals surface area contributed by atoms with Gasteiger partial charge >= 0.3 is 0 Å². The first-order valence-electron chi connectivity index (χ1n) is 7.75. The summed E-state index contributed by atoms with van der Waals surface area (Å²) in [7, 11) is 0. The van der Waals surface area contributed by atoms with E-state index in [2.05, 4.69) is 28.1 Å². The molecule has 0 amide bonds. The Morgan fingerprint density at radius 1 is 1.00 bits per heavy atom. The molecule has 104 valence electrons. The van der Waals surface area contributed by atoms with Gasteiger partial charge in [0, 0.05) is 16.7 Å². The van der Waals surface area contributed by atoms with Crippen molar-refractivity contribution in [2.75, 3.05) is 0 Å². The van der Waals surface area contributed by atoms with Crippen molar-refractivity contribution in [3.05, 3.63) is 35.9 Å². The van der Waals surface area contributed by atoms with E-state index in [0.717, 1.165) is 5.56 Å². The Bertz CT molecular complexity index is 631. The van der Waals surface area contributed by atoms with Gasteiger partial charge in [-0.1, -0.05) is 46.3 Å². The van der Waals surface area contributed by atoms with Crippen molar-refractivity contribution in [3.8, 4) is 0 Å². The fourth-order valence-corrected chi connectivity index (χ4v) is 9.06. The van der Waals surface area contributed by atoms with Gasteiger partial charge in [-0.2, -0.15) is 0 Å². The molecule has 10 atom stereocenters. The molecule has 0 saturated heterocycles. The zero-order chi connectivity index (χ0) is 13.4. The Balaban J connectivity index is 1.65. The number of halogens is 1. The normalized spacial score (nSPS) is 67.0. The van der Waals surface area contributed by atoms with Crippen molar-refractivity contribution in [2.24, 2.45) is 41.4 Å². The average Bonchev–Trinajstić information content (AvgIpc) is 3.16. The van der Waals surface area contributed by atoms with Crippen LogP contribution in [-0.4, -0.2) is 20.6 Å². The van der Waals surface area contributed by atoms with E-state index in [1.165, 1.54) is 6.42 Å². The van der Waals surface area contributed by atoms with E-state index in [9.17, 15) is 10.2 Å². The van der Waals surface area contributed by atoms with Gasteiger partial charge in [-0.15, -0.1) is 0 Å². The highest BCUT2D eigenvalue weighted by atomic mass is 79.9. The van der Waals surface area contributed by atoms with E-state index in [-0.39, 0.29) is 16.7 Å². The Kier molecular flexibility index (Phi) is 1.63. The lowest BCUT2D eigenvalue weighted by Gasteiger charge is -2.38. The van der Waals surface area contributed by atoms with E-state index in [4.69, 9.17) is 0 Å². The number of benzene rings is 1. The second kappa shape index (κ2) is 2.90. The van der Waals surface area contributed by atoms with Crippen LogP contribution < -0.4 is 0 Å². The zero-order valence-electron chi connectivity index (χ0n) is 11.0. The van der Waals surface area contributed by atoms with Crippen LogP contribution in [0.2, 0.25) is 0 Å². The summed E-state index contributed by atoms with van der Waals surface area (Å²) in [6.45, 7) is 0. The van der Waals surface area contributed by atoms with Crippen LogP contribution in [0.5, 0.6) is 0 Å². The number of rotatable bonds is 1. The summed E-state index contributed by atoms with van der Waals surface area (Å²) in [5.41, 5.74) is -0.420. The molecule has 6 aliphatic rings. The van der Waals surface area contributed by atoms with Crippen molar-refractivity contribution in [2.45, 2.75) is 22.5 Å². The molecule has 0 radical (unpaired) electrons.